The number of allylic oxidation sites excluding steroid dienone is 4. The van der Waals surface area contributed by atoms with Gasteiger partial charge in [0.2, 0.25) is 0 Å². The van der Waals surface area contributed by atoms with Crippen LogP contribution >= 0.6 is 22.6 Å². The van der Waals surface area contributed by atoms with E-state index in [4.69, 9.17) is 0 Å². The molecule has 0 fully saturated rings. The SMILES string of the molecule is IC1=C(c2ccccc2)C(c2ccccc2)=C(c2ccccc2)C1(c1ccccc1)c1ccccc1.[Ni+2]. The second-order valence-electron chi connectivity index (χ2n) is 9.02. The van der Waals surface area contributed by atoms with Crippen LogP contribution in [0, 0.1) is 0 Å². The predicted octanol–water partition coefficient (Wildman–Crippen LogP) is 9.44. The fraction of sp³-hybridized carbons (Fsp3) is 0.0286. The Morgan fingerprint density at radius 1 is 0.378 bits per heavy atom. The van der Waals surface area contributed by atoms with Crippen molar-refractivity contribution in [1.29, 1.82) is 0 Å². The summed E-state index contributed by atoms with van der Waals surface area (Å²) in [6.07, 6.45) is 0. The first kappa shape index (κ1) is 25.5. The molecule has 0 saturated carbocycles. The molecule has 0 unspecified atom stereocenters. The first-order valence-corrected chi connectivity index (χ1v) is 13.3. The Kier molecular flexibility index (Phi) is 7.60. The van der Waals surface area contributed by atoms with Crippen LogP contribution in [0.1, 0.15) is 27.8 Å². The standard InChI is InChI=1S/C35H25I.Ni/c36-34-32(27-18-8-2-9-19-27)31(26-16-6-1-7-17-26)33(28-20-10-3-11-21-28)35(34,29-22-12-4-13-23-29)30-24-14-5-15-25-30;/h1-25H;/q;+2. The normalized spacial score (nSPS) is 14.4. The zero-order valence-electron chi connectivity index (χ0n) is 20.1. The summed E-state index contributed by atoms with van der Waals surface area (Å²) in [6.45, 7) is 0. The molecular formula is C35H25INi+2. The van der Waals surface area contributed by atoms with E-state index in [2.05, 4.69) is 174 Å². The number of hydrogen-bond donors (Lipinski definition) is 0. The molecule has 5 aromatic carbocycles. The molecule has 0 amide bonds. The van der Waals surface area contributed by atoms with E-state index in [9.17, 15) is 0 Å². The number of benzene rings is 5. The monoisotopic (exact) mass is 630 g/mol. The second kappa shape index (κ2) is 11.0. The van der Waals surface area contributed by atoms with Gasteiger partial charge in [-0.1, -0.05) is 152 Å². The maximum atomic E-state index is 2.64. The zero-order valence-corrected chi connectivity index (χ0v) is 23.3. The minimum absolute atomic E-state index is 0. The van der Waals surface area contributed by atoms with Gasteiger partial charge in [-0.25, -0.2) is 0 Å². The van der Waals surface area contributed by atoms with Crippen molar-refractivity contribution in [1.82, 2.24) is 0 Å². The van der Waals surface area contributed by atoms with Gasteiger partial charge >= 0.3 is 16.5 Å². The number of rotatable bonds is 5. The maximum absolute atomic E-state index is 2.64. The van der Waals surface area contributed by atoms with Crippen LogP contribution in [0.4, 0.5) is 0 Å². The van der Waals surface area contributed by atoms with Crippen LogP contribution in [0.25, 0.3) is 16.7 Å². The van der Waals surface area contributed by atoms with Crippen molar-refractivity contribution in [2.24, 2.45) is 0 Å². The van der Waals surface area contributed by atoms with Gasteiger partial charge < -0.3 is 0 Å². The Labute approximate surface area is 242 Å². The van der Waals surface area contributed by atoms with E-state index < -0.39 is 5.41 Å². The Bertz CT molecular complexity index is 1500. The largest absolute Gasteiger partial charge is 2.00 e. The van der Waals surface area contributed by atoms with Gasteiger partial charge in [0.15, 0.2) is 0 Å². The van der Waals surface area contributed by atoms with Crippen molar-refractivity contribution < 1.29 is 16.5 Å². The van der Waals surface area contributed by atoms with Gasteiger partial charge in [-0.05, 0) is 61.6 Å². The maximum Gasteiger partial charge on any atom is 2.00 e. The van der Waals surface area contributed by atoms with Crippen molar-refractivity contribution in [3.8, 4) is 0 Å². The average Bonchev–Trinajstić information content (AvgIpc) is 3.25. The fourth-order valence-electron chi connectivity index (χ4n) is 5.54. The summed E-state index contributed by atoms with van der Waals surface area (Å²) in [6, 6.07) is 54.7. The molecule has 180 valence electrons. The third-order valence-corrected chi connectivity index (χ3v) is 8.37. The number of hydrogen-bond acceptors (Lipinski definition) is 0. The van der Waals surface area contributed by atoms with Crippen LogP contribution in [0.15, 0.2) is 155 Å². The molecule has 2 heteroatoms. The molecule has 5 aromatic rings. The van der Waals surface area contributed by atoms with E-state index in [-0.39, 0.29) is 16.5 Å². The summed E-state index contributed by atoms with van der Waals surface area (Å²) in [4.78, 5) is 0. The molecule has 0 nitrogen and oxygen atoms in total. The zero-order chi connectivity index (χ0) is 24.4. The molecule has 0 aliphatic heterocycles. The van der Waals surface area contributed by atoms with Crippen LogP contribution in [0.5, 0.6) is 0 Å². The van der Waals surface area contributed by atoms with E-state index >= 15 is 0 Å². The summed E-state index contributed by atoms with van der Waals surface area (Å²) < 4.78 is 1.32. The summed E-state index contributed by atoms with van der Waals surface area (Å²) in [5.41, 5.74) is 9.75. The minimum Gasteiger partial charge on any atom is -0.0622 e. The van der Waals surface area contributed by atoms with E-state index in [0.29, 0.717) is 0 Å². The second-order valence-corrected chi connectivity index (χ2v) is 10.1. The van der Waals surface area contributed by atoms with Crippen molar-refractivity contribution in [2.75, 3.05) is 0 Å². The summed E-state index contributed by atoms with van der Waals surface area (Å²) >= 11 is 2.64. The smallest absolute Gasteiger partial charge is 0.0622 e. The van der Waals surface area contributed by atoms with Crippen molar-refractivity contribution >= 4 is 39.3 Å². The average molecular weight is 631 g/mol. The van der Waals surface area contributed by atoms with Gasteiger partial charge in [0.1, 0.15) is 0 Å². The Morgan fingerprint density at radius 3 is 1.11 bits per heavy atom. The van der Waals surface area contributed by atoms with Crippen LogP contribution in [-0.2, 0) is 21.9 Å². The van der Waals surface area contributed by atoms with Crippen LogP contribution in [0.2, 0.25) is 0 Å². The van der Waals surface area contributed by atoms with E-state index in [0.717, 1.165) is 0 Å². The van der Waals surface area contributed by atoms with Gasteiger partial charge in [0.05, 0.1) is 5.41 Å². The molecule has 0 saturated heterocycles. The van der Waals surface area contributed by atoms with Gasteiger partial charge in [-0.3, -0.25) is 0 Å². The predicted molar refractivity (Wildman–Crippen MR) is 161 cm³/mol. The third kappa shape index (κ3) is 4.33. The molecule has 37 heavy (non-hydrogen) atoms. The quantitative estimate of drug-likeness (QED) is 0.134. The molecule has 1 aliphatic rings. The summed E-state index contributed by atoms with van der Waals surface area (Å²) in [5.74, 6) is 0. The third-order valence-electron chi connectivity index (χ3n) is 7.02. The molecule has 6 rings (SSSR count). The molecule has 0 heterocycles. The van der Waals surface area contributed by atoms with Crippen LogP contribution < -0.4 is 0 Å². The van der Waals surface area contributed by atoms with Crippen LogP contribution in [-0.4, -0.2) is 0 Å². The molecule has 1 aliphatic carbocycles. The van der Waals surface area contributed by atoms with Crippen molar-refractivity contribution in [3.63, 3.8) is 0 Å². The Hall–Kier alpha value is -3.20. The molecular weight excluding hydrogens is 606 g/mol. The van der Waals surface area contributed by atoms with Crippen LogP contribution in [0.3, 0.4) is 0 Å². The minimum atomic E-state index is -0.444. The molecule has 0 bridgehead atoms. The van der Waals surface area contributed by atoms with Gasteiger partial charge in [0, 0.05) is 9.15 Å². The van der Waals surface area contributed by atoms with E-state index in [1.54, 1.807) is 0 Å². The molecule has 0 aromatic heterocycles. The van der Waals surface area contributed by atoms with Gasteiger partial charge in [-0.2, -0.15) is 0 Å². The van der Waals surface area contributed by atoms with Gasteiger partial charge in [0.25, 0.3) is 0 Å². The first-order chi connectivity index (χ1) is 17.8. The van der Waals surface area contributed by atoms with Gasteiger partial charge in [-0.15, -0.1) is 0 Å². The Balaban J connectivity index is 0.00000280. The van der Waals surface area contributed by atoms with Crippen molar-refractivity contribution in [3.05, 3.63) is 183 Å². The Morgan fingerprint density at radius 2 is 0.703 bits per heavy atom. The first-order valence-electron chi connectivity index (χ1n) is 12.2. The van der Waals surface area contributed by atoms with E-state index in [1.165, 1.54) is 48.1 Å². The molecule has 0 spiro atoms. The molecule has 0 radical (unpaired) electrons. The van der Waals surface area contributed by atoms with E-state index in [1.807, 2.05) is 0 Å². The van der Waals surface area contributed by atoms with Crippen molar-refractivity contribution in [2.45, 2.75) is 5.41 Å². The summed E-state index contributed by atoms with van der Waals surface area (Å²) in [5, 5.41) is 0. The number of halogens is 1. The molecule has 0 atom stereocenters. The molecule has 0 N–H and O–H groups in total. The fourth-order valence-corrected chi connectivity index (χ4v) is 7.01. The summed E-state index contributed by atoms with van der Waals surface area (Å²) in [7, 11) is 0. The topological polar surface area (TPSA) is 0 Å².